The molecule has 3 aliphatic carbocycles. The van der Waals surface area contributed by atoms with E-state index in [1.54, 1.807) is 7.05 Å². The minimum atomic E-state index is -4.22. The Kier molecular flexibility index (Phi) is 6.13. The summed E-state index contributed by atoms with van der Waals surface area (Å²) in [7, 11) is -0.710. The summed E-state index contributed by atoms with van der Waals surface area (Å²) in [6.07, 6.45) is 6.75. The number of hydrogen-bond donors (Lipinski definition) is 3. The summed E-state index contributed by atoms with van der Waals surface area (Å²) in [6, 6.07) is 0.556. The fraction of sp³-hybridized carbons (Fsp3) is 0.583. The van der Waals surface area contributed by atoms with E-state index in [0.29, 0.717) is 61.3 Å². The van der Waals surface area contributed by atoms with Gasteiger partial charge in [-0.2, -0.15) is 13.5 Å². The molecule has 0 unspecified atom stereocenters. The third-order valence-corrected chi connectivity index (χ3v) is 8.75. The summed E-state index contributed by atoms with van der Waals surface area (Å²) < 4.78 is 44.3. The van der Waals surface area contributed by atoms with Gasteiger partial charge in [-0.15, -0.1) is 0 Å². The van der Waals surface area contributed by atoms with Crippen molar-refractivity contribution in [2.75, 3.05) is 18.9 Å². The van der Waals surface area contributed by atoms with Gasteiger partial charge in [-0.3, -0.25) is 9.58 Å². The van der Waals surface area contributed by atoms with Crippen molar-refractivity contribution in [3.63, 3.8) is 0 Å². The molecular weight excluding hydrogens is 473 g/mol. The Morgan fingerprint density at radius 3 is 2.31 bits per heavy atom. The van der Waals surface area contributed by atoms with E-state index < -0.39 is 21.7 Å². The highest BCUT2D eigenvalue weighted by Gasteiger charge is 2.35. The predicted molar refractivity (Wildman–Crippen MR) is 128 cm³/mol. The van der Waals surface area contributed by atoms with Crippen molar-refractivity contribution in [3.05, 3.63) is 39.8 Å². The van der Waals surface area contributed by atoms with Crippen LogP contribution in [0.15, 0.2) is 11.1 Å². The van der Waals surface area contributed by atoms with Crippen molar-refractivity contribution < 1.29 is 22.7 Å². The maximum atomic E-state index is 14.9. The van der Waals surface area contributed by atoms with E-state index in [1.807, 2.05) is 11.9 Å². The molecule has 1 aromatic carbocycles. The van der Waals surface area contributed by atoms with Crippen molar-refractivity contribution in [1.29, 1.82) is 0 Å². The second-order valence-electron chi connectivity index (χ2n) is 10.2. The first-order chi connectivity index (χ1) is 16.6. The summed E-state index contributed by atoms with van der Waals surface area (Å²) >= 11 is 0. The molecule has 35 heavy (non-hydrogen) atoms. The molecule has 0 saturated heterocycles. The lowest BCUT2D eigenvalue weighted by Crippen LogP contribution is -2.46. The van der Waals surface area contributed by atoms with Crippen LogP contribution in [0.25, 0.3) is 0 Å². The number of aromatic nitrogens is 2. The highest BCUT2D eigenvalue weighted by molar-refractivity contribution is 7.90. The summed E-state index contributed by atoms with van der Waals surface area (Å²) in [5.41, 5.74) is 3.39. The SMILES string of the molecule is CN(Cc1cc(S(=O)(=O)NC(=O)Nc2c3c(c(F)c4c2CCC4)CCC3)nn1C)CC1(O)CCC1. The number of aryl methyl sites for hydroxylation is 1. The van der Waals surface area contributed by atoms with Crippen molar-refractivity contribution in [3.8, 4) is 0 Å². The summed E-state index contributed by atoms with van der Waals surface area (Å²) in [5, 5.41) is 16.9. The van der Waals surface area contributed by atoms with Crippen LogP contribution in [-0.2, 0) is 49.3 Å². The molecule has 1 saturated carbocycles. The van der Waals surface area contributed by atoms with E-state index >= 15 is 0 Å². The Morgan fingerprint density at radius 2 is 1.74 bits per heavy atom. The predicted octanol–water partition coefficient (Wildman–Crippen LogP) is 2.39. The van der Waals surface area contributed by atoms with Crippen LogP contribution in [0, 0.1) is 5.82 Å². The van der Waals surface area contributed by atoms with Crippen molar-refractivity contribution in [2.24, 2.45) is 7.05 Å². The zero-order chi connectivity index (χ0) is 25.0. The number of amides is 2. The van der Waals surface area contributed by atoms with Gasteiger partial charge in [0.15, 0.2) is 5.03 Å². The molecule has 0 radical (unpaired) electrons. The molecule has 1 aromatic heterocycles. The van der Waals surface area contributed by atoms with Gasteiger partial charge < -0.3 is 10.4 Å². The number of carbonyl (C=O) groups is 1. The van der Waals surface area contributed by atoms with Gasteiger partial charge in [0.1, 0.15) is 5.82 Å². The Morgan fingerprint density at radius 1 is 1.14 bits per heavy atom. The number of benzene rings is 1. The van der Waals surface area contributed by atoms with Gasteiger partial charge >= 0.3 is 6.03 Å². The standard InChI is InChI=1S/C24H32FN5O4S/c1-29(14-24(32)10-5-11-24)13-15-12-20(27-30(15)2)35(33,34)28-23(31)26-22-18-8-3-6-16(18)21(25)17-7-4-9-19(17)22/h12,32H,3-11,13-14H2,1-2H3,(H2,26,28,31). The van der Waals surface area contributed by atoms with E-state index in [-0.39, 0.29) is 10.8 Å². The number of carbonyl (C=O) groups excluding carboxylic acids is 1. The van der Waals surface area contributed by atoms with Gasteiger partial charge in [-0.05, 0) is 87.1 Å². The molecule has 9 nitrogen and oxygen atoms in total. The molecule has 0 aliphatic heterocycles. The molecule has 5 rings (SSSR count). The normalized spacial score (nSPS) is 18.3. The molecule has 0 spiro atoms. The zero-order valence-electron chi connectivity index (χ0n) is 20.2. The number of hydrogen-bond acceptors (Lipinski definition) is 6. The van der Waals surface area contributed by atoms with Gasteiger partial charge in [0.2, 0.25) is 0 Å². The molecule has 1 fully saturated rings. The van der Waals surface area contributed by atoms with E-state index in [2.05, 4.69) is 15.1 Å². The molecule has 2 amide bonds. The zero-order valence-corrected chi connectivity index (χ0v) is 21.0. The fourth-order valence-electron chi connectivity index (χ4n) is 5.69. The Hall–Kier alpha value is -2.50. The average Bonchev–Trinajstić information content (AvgIpc) is 3.50. The molecule has 0 atom stereocenters. The lowest BCUT2D eigenvalue weighted by Gasteiger charge is -2.39. The Labute approximate surface area is 204 Å². The third kappa shape index (κ3) is 4.56. The maximum Gasteiger partial charge on any atom is 0.333 e. The largest absolute Gasteiger partial charge is 0.389 e. The second kappa shape index (κ2) is 8.86. The molecule has 11 heteroatoms. The maximum absolute atomic E-state index is 14.9. The molecule has 190 valence electrons. The molecule has 1 heterocycles. The first-order valence-corrected chi connectivity index (χ1v) is 13.7. The highest BCUT2D eigenvalue weighted by Crippen LogP contribution is 2.41. The smallest absolute Gasteiger partial charge is 0.333 e. The Bertz CT molecular complexity index is 1250. The van der Waals surface area contributed by atoms with Gasteiger partial charge in [-0.25, -0.2) is 13.9 Å². The molecule has 0 bridgehead atoms. The van der Waals surface area contributed by atoms with Crippen LogP contribution in [0.2, 0.25) is 0 Å². The number of fused-ring (bicyclic) bond motifs is 2. The van der Waals surface area contributed by atoms with Gasteiger partial charge in [-0.1, -0.05) is 0 Å². The number of likely N-dealkylation sites (N-methyl/N-ethyl adjacent to an activating group) is 1. The number of urea groups is 1. The Balaban J connectivity index is 1.30. The van der Waals surface area contributed by atoms with E-state index in [0.717, 1.165) is 43.2 Å². The highest BCUT2D eigenvalue weighted by atomic mass is 32.2. The van der Waals surface area contributed by atoms with E-state index in [9.17, 15) is 22.7 Å². The van der Waals surface area contributed by atoms with Crippen LogP contribution in [0.4, 0.5) is 14.9 Å². The number of sulfonamides is 1. The first-order valence-electron chi connectivity index (χ1n) is 12.2. The van der Waals surface area contributed by atoms with Crippen LogP contribution in [0.1, 0.15) is 60.1 Å². The number of nitrogens with one attached hydrogen (secondary N) is 2. The van der Waals surface area contributed by atoms with Gasteiger partial charge in [0, 0.05) is 31.9 Å². The third-order valence-electron chi connectivity index (χ3n) is 7.54. The molecule has 2 aromatic rings. The second-order valence-corrected chi connectivity index (χ2v) is 11.8. The van der Waals surface area contributed by atoms with E-state index in [1.165, 1.54) is 10.7 Å². The van der Waals surface area contributed by atoms with Crippen molar-refractivity contribution >= 4 is 21.7 Å². The fourth-order valence-corrected chi connectivity index (χ4v) is 6.61. The lowest BCUT2D eigenvalue weighted by atomic mass is 9.80. The topological polar surface area (TPSA) is 117 Å². The first kappa shape index (κ1) is 24.2. The molecular formula is C24H32FN5O4S. The van der Waals surface area contributed by atoms with Crippen molar-refractivity contribution in [1.82, 2.24) is 19.4 Å². The number of halogens is 1. The van der Waals surface area contributed by atoms with Crippen LogP contribution in [0.5, 0.6) is 0 Å². The number of anilines is 1. The summed E-state index contributed by atoms with van der Waals surface area (Å²) in [5.74, 6) is -0.154. The number of rotatable bonds is 7. The van der Waals surface area contributed by atoms with Crippen molar-refractivity contribution in [2.45, 2.75) is 75.0 Å². The minimum absolute atomic E-state index is 0.154. The van der Waals surface area contributed by atoms with Gasteiger partial charge in [0.05, 0.1) is 11.3 Å². The number of aliphatic hydroxyl groups is 1. The van der Waals surface area contributed by atoms with Crippen LogP contribution < -0.4 is 10.0 Å². The number of nitrogens with zero attached hydrogens (tertiary/aromatic N) is 3. The summed E-state index contributed by atoms with van der Waals surface area (Å²) in [4.78, 5) is 14.7. The van der Waals surface area contributed by atoms with Gasteiger partial charge in [0.25, 0.3) is 10.0 Å². The van der Waals surface area contributed by atoms with Crippen LogP contribution in [-0.4, -0.2) is 53.4 Å². The molecule has 3 aliphatic rings. The van der Waals surface area contributed by atoms with Crippen LogP contribution in [0.3, 0.4) is 0 Å². The lowest BCUT2D eigenvalue weighted by molar-refractivity contribution is -0.0558. The summed E-state index contributed by atoms with van der Waals surface area (Å²) in [6.45, 7) is 0.897. The molecule has 3 N–H and O–H groups in total. The quantitative estimate of drug-likeness (QED) is 0.532. The monoisotopic (exact) mass is 505 g/mol. The minimum Gasteiger partial charge on any atom is -0.389 e. The van der Waals surface area contributed by atoms with E-state index in [4.69, 9.17) is 0 Å². The average molecular weight is 506 g/mol. The van der Waals surface area contributed by atoms with Crippen LogP contribution >= 0.6 is 0 Å².